The summed E-state index contributed by atoms with van der Waals surface area (Å²) in [6.07, 6.45) is 3.78. The van der Waals surface area contributed by atoms with E-state index in [4.69, 9.17) is 5.11 Å². The van der Waals surface area contributed by atoms with Crippen molar-refractivity contribution in [3.8, 4) is 0 Å². The second kappa shape index (κ2) is 6.20. The molecule has 0 atom stereocenters. The number of aliphatic hydroxyl groups is 1. The van der Waals surface area contributed by atoms with Crippen LogP contribution in [0.1, 0.15) is 36.8 Å². The van der Waals surface area contributed by atoms with Crippen molar-refractivity contribution < 1.29 is 17.9 Å². The van der Waals surface area contributed by atoms with Gasteiger partial charge >= 0.3 is 0 Å². The van der Waals surface area contributed by atoms with Gasteiger partial charge in [0, 0.05) is 18.7 Å². The standard InChI is InChI=1S/C14H20FNO3S/c1-11-8-13(9-12(10-17)14(11)15)20(18,19)16-6-4-2-3-5-7-16/h8-9,17H,2-7,10H2,1H3. The Hall–Kier alpha value is -0.980. The van der Waals surface area contributed by atoms with Gasteiger partial charge in [0.2, 0.25) is 10.0 Å². The maximum Gasteiger partial charge on any atom is 0.243 e. The van der Waals surface area contributed by atoms with Crippen molar-refractivity contribution in [2.24, 2.45) is 0 Å². The fourth-order valence-corrected chi connectivity index (χ4v) is 4.16. The van der Waals surface area contributed by atoms with Crippen molar-refractivity contribution in [1.82, 2.24) is 4.31 Å². The van der Waals surface area contributed by atoms with Gasteiger partial charge in [-0.05, 0) is 37.5 Å². The number of hydrogen-bond donors (Lipinski definition) is 1. The molecule has 1 aliphatic rings. The van der Waals surface area contributed by atoms with Crippen LogP contribution in [0.3, 0.4) is 0 Å². The van der Waals surface area contributed by atoms with Crippen LogP contribution in [0.5, 0.6) is 0 Å². The SMILES string of the molecule is Cc1cc(S(=O)(=O)N2CCCCCC2)cc(CO)c1F. The molecule has 1 aliphatic heterocycles. The van der Waals surface area contributed by atoms with E-state index in [1.165, 1.54) is 23.4 Å². The average Bonchev–Trinajstić information content (AvgIpc) is 2.71. The molecule has 0 aromatic heterocycles. The van der Waals surface area contributed by atoms with Crippen molar-refractivity contribution in [2.45, 2.75) is 44.1 Å². The quantitative estimate of drug-likeness (QED) is 0.931. The first-order valence-electron chi connectivity index (χ1n) is 6.87. The van der Waals surface area contributed by atoms with Crippen LogP contribution in [0.15, 0.2) is 17.0 Å². The Morgan fingerprint density at radius 2 is 1.80 bits per heavy atom. The molecule has 20 heavy (non-hydrogen) atoms. The van der Waals surface area contributed by atoms with Crippen LogP contribution in [0.2, 0.25) is 0 Å². The Balaban J connectivity index is 2.40. The van der Waals surface area contributed by atoms with Crippen LogP contribution >= 0.6 is 0 Å². The summed E-state index contributed by atoms with van der Waals surface area (Å²) < 4.78 is 40.4. The number of benzene rings is 1. The Bertz CT molecular complexity index is 578. The summed E-state index contributed by atoms with van der Waals surface area (Å²) >= 11 is 0. The third-order valence-electron chi connectivity index (χ3n) is 3.68. The van der Waals surface area contributed by atoms with E-state index in [-0.39, 0.29) is 16.0 Å². The van der Waals surface area contributed by atoms with E-state index in [0.29, 0.717) is 13.1 Å². The molecule has 6 heteroatoms. The molecule has 0 spiro atoms. The monoisotopic (exact) mass is 301 g/mol. The topological polar surface area (TPSA) is 57.6 Å². The molecular formula is C14H20FNO3S. The minimum Gasteiger partial charge on any atom is -0.392 e. The molecule has 1 aromatic rings. The molecule has 0 aliphatic carbocycles. The smallest absolute Gasteiger partial charge is 0.243 e. The van der Waals surface area contributed by atoms with Gasteiger partial charge < -0.3 is 5.11 Å². The Morgan fingerprint density at radius 1 is 1.20 bits per heavy atom. The summed E-state index contributed by atoms with van der Waals surface area (Å²) in [5, 5.41) is 9.14. The average molecular weight is 301 g/mol. The van der Waals surface area contributed by atoms with Crippen molar-refractivity contribution in [3.05, 3.63) is 29.1 Å². The molecule has 1 heterocycles. The normalized spacial score (nSPS) is 17.9. The molecule has 0 bridgehead atoms. The molecular weight excluding hydrogens is 281 g/mol. The second-order valence-electron chi connectivity index (χ2n) is 5.19. The Labute approximate surface area is 119 Å². The second-order valence-corrected chi connectivity index (χ2v) is 7.13. The van der Waals surface area contributed by atoms with Gasteiger partial charge in [0.1, 0.15) is 5.82 Å². The molecule has 0 unspecified atom stereocenters. The van der Waals surface area contributed by atoms with E-state index in [2.05, 4.69) is 0 Å². The van der Waals surface area contributed by atoms with Gasteiger partial charge in [-0.15, -0.1) is 0 Å². The predicted molar refractivity (Wildman–Crippen MR) is 74.3 cm³/mol. The van der Waals surface area contributed by atoms with E-state index in [1.54, 1.807) is 0 Å². The van der Waals surface area contributed by atoms with E-state index in [9.17, 15) is 12.8 Å². The Kier molecular flexibility index (Phi) is 4.78. The van der Waals surface area contributed by atoms with Crippen molar-refractivity contribution in [1.29, 1.82) is 0 Å². The minimum absolute atomic E-state index is 0.0263. The van der Waals surface area contributed by atoms with Crippen molar-refractivity contribution in [2.75, 3.05) is 13.1 Å². The number of hydrogen-bond acceptors (Lipinski definition) is 3. The zero-order valence-electron chi connectivity index (χ0n) is 11.6. The number of aryl methyl sites for hydroxylation is 1. The molecule has 1 fully saturated rings. The zero-order valence-corrected chi connectivity index (χ0v) is 12.4. The molecule has 4 nitrogen and oxygen atoms in total. The highest BCUT2D eigenvalue weighted by atomic mass is 32.2. The van der Waals surface area contributed by atoms with Crippen LogP contribution < -0.4 is 0 Å². The number of aliphatic hydroxyl groups excluding tert-OH is 1. The van der Waals surface area contributed by atoms with Crippen LogP contribution in [0.4, 0.5) is 4.39 Å². The van der Waals surface area contributed by atoms with E-state index < -0.39 is 22.4 Å². The first-order chi connectivity index (χ1) is 9.46. The highest BCUT2D eigenvalue weighted by Crippen LogP contribution is 2.24. The number of nitrogens with zero attached hydrogens (tertiary/aromatic N) is 1. The highest BCUT2D eigenvalue weighted by molar-refractivity contribution is 7.89. The molecule has 1 saturated heterocycles. The number of halogens is 1. The van der Waals surface area contributed by atoms with Crippen molar-refractivity contribution >= 4 is 10.0 Å². The molecule has 0 saturated carbocycles. The summed E-state index contributed by atoms with van der Waals surface area (Å²) in [5.74, 6) is -0.540. The van der Waals surface area contributed by atoms with Gasteiger partial charge in [-0.1, -0.05) is 12.8 Å². The molecule has 0 radical (unpaired) electrons. The highest BCUT2D eigenvalue weighted by Gasteiger charge is 2.26. The third-order valence-corrected chi connectivity index (χ3v) is 5.55. The van der Waals surface area contributed by atoms with Crippen molar-refractivity contribution in [3.63, 3.8) is 0 Å². The first-order valence-corrected chi connectivity index (χ1v) is 8.31. The lowest BCUT2D eigenvalue weighted by atomic mass is 10.1. The van der Waals surface area contributed by atoms with Gasteiger partial charge in [0.05, 0.1) is 11.5 Å². The lowest BCUT2D eigenvalue weighted by molar-refractivity contribution is 0.275. The fraction of sp³-hybridized carbons (Fsp3) is 0.571. The minimum atomic E-state index is -3.60. The summed E-state index contributed by atoms with van der Waals surface area (Å²) in [6, 6.07) is 2.58. The lowest BCUT2D eigenvalue weighted by Gasteiger charge is -2.20. The van der Waals surface area contributed by atoms with Crippen LogP contribution in [0.25, 0.3) is 0 Å². The van der Waals surface area contributed by atoms with Crippen LogP contribution in [-0.4, -0.2) is 30.9 Å². The van der Waals surface area contributed by atoms with Crippen LogP contribution in [0, 0.1) is 12.7 Å². The van der Waals surface area contributed by atoms with E-state index in [1.807, 2.05) is 0 Å². The fourth-order valence-electron chi connectivity index (χ4n) is 2.50. The zero-order chi connectivity index (χ0) is 14.8. The molecule has 1 aromatic carbocycles. The summed E-state index contributed by atoms with van der Waals surface area (Å²) in [6.45, 7) is 2.02. The molecule has 1 N–H and O–H groups in total. The summed E-state index contributed by atoms with van der Waals surface area (Å²) in [4.78, 5) is 0.0716. The van der Waals surface area contributed by atoms with Gasteiger partial charge in [0.15, 0.2) is 0 Å². The first kappa shape index (κ1) is 15.4. The number of rotatable bonds is 3. The summed E-state index contributed by atoms with van der Waals surface area (Å²) in [7, 11) is -3.60. The molecule has 0 amide bonds. The third kappa shape index (κ3) is 3.02. The predicted octanol–water partition coefficient (Wildman–Crippen LogP) is 2.19. The Morgan fingerprint density at radius 3 is 2.35 bits per heavy atom. The summed E-state index contributed by atoms with van der Waals surface area (Å²) in [5.41, 5.74) is 0.267. The van der Waals surface area contributed by atoms with E-state index in [0.717, 1.165) is 25.7 Å². The molecule has 2 rings (SSSR count). The van der Waals surface area contributed by atoms with Gasteiger partial charge in [-0.3, -0.25) is 0 Å². The lowest BCUT2D eigenvalue weighted by Crippen LogP contribution is -2.32. The van der Waals surface area contributed by atoms with Gasteiger partial charge in [-0.25, -0.2) is 12.8 Å². The van der Waals surface area contributed by atoms with E-state index >= 15 is 0 Å². The molecule has 112 valence electrons. The number of sulfonamides is 1. The maximum absolute atomic E-state index is 13.7. The van der Waals surface area contributed by atoms with Gasteiger partial charge in [-0.2, -0.15) is 4.31 Å². The largest absolute Gasteiger partial charge is 0.392 e. The maximum atomic E-state index is 13.7. The van der Waals surface area contributed by atoms with Gasteiger partial charge in [0.25, 0.3) is 0 Å². The van der Waals surface area contributed by atoms with Crippen LogP contribution in [-0.2, 0) is 16.6 Å².